The highest BCUT2D eigenvalue weighted by molar-refractivity contribution is 6.31. The number of rotatable bonds is 7. The number of carbonyl (C=O) groups is 1. The number of likely N-dealkylation sites (N-methyl/N-ethyl adjacent to an activating group) is 1. The third-order valence-electron chi connectivity index (χ3n) is 2.82. The molecule has 1 aromatic carbocycles. The minimum absolute atomic E-state index is 0.387. The fourth-order valence-corrected chi connectivity index (χ4v) is 2.29. The summed E-state index contributed by atoms with van der Waals surface area (Å²) in [6, 6.07) is 4.96. The van der Waals surface area contributed by atoms with E-state index in [9.17, 15) is 9.90 Å². The number of nitrogens with one attached hydrogen (secondary N) is 1. The van der Waals surface area contributed by atoms with Gasteiger partial charge in [0.05, 0.1) is 5.60 Å². The SMILES string of the molecule is CN(C)CC(C)(O)CNCc1ccc(C(N)=O)cc1Cl. The lowest BCUT2D eigenvalue weighted by atomic mass is 10.1. The van der Waals surface area contributed by atoms with Gasteiger partial charge in [0.1, 0.15) is 0 Å². The Balaban J connectivity index is 2.56. The summed E-state index contributed by atoms with van der Waals surface area (Å²) in [6.45, 7) is 3.30. The van der Waals surface area contributed by atoms with E-state index < -0.39 is 11.5 Å². The van der Waals surface area contributed by atoms with Crippen molar-refractivity contribution in [1.82, 2.24) is 10.2 Å². The summed E-state index contributed by atoms with van der Waals surface area (Å²) in [4.78, 5) is 12.9. The topological polar surface area (TPSA) is 78.6 Å². The largest absolute Gasteiger partial charge is 0.388 e. The van der Waals surface area contributed by atoms with Crippen LogP contribution in [0.25, 0.3) is 0 Å². The normalized spacial score (nSPS) is 14.3. The molecule has 0 aromatic heterocycles. The average Bonchev–Trinajstić information content (AvgIpc) is 2.29. The van der Waals surface area contributed by atoms with Crippen molar-refractivity contribution in [3.05, 3.63) is 34.3 Å². The van der Waals surface area contributed by atoms with Gasteiger partial charge in [-0.15, -0.1) is 0 Å². The summed E-state index contributed by atoms with van der Waals surface area (Å²) in [6.07, 6.45) is 0. The van der Waals surface area contributed by atoms with Crippen molar-refractivity contribution in [1.29, 1.82) is 0 Å². The number of nitrogens with zero attached hydrogens (tertiary/aromatic N) is 1. The third kappa shape index (κ3) is 5.46. The maximum absolute atomic E-state index is 11.0. The number of primary amides is 1. The van der Waals surface area contributed by atoms with E-state index in [-0.39, 0.29) is 0 Å². The molecule has 0 aliphatic rings. The Kier molecular flexibility index (Phi) is 5.95. The van der Waals surface area contributed by atoms with Gasteiger partial charge in [-0.3, -0.25) is 4.79 Å². The van der Waals surface area contributed by atoms with Crippen LogP contribution in [0.4, 0.5) is 0 Å². The molecule has 20 heavy (non-hydrogen) atoms. The predicted octanol–water partition coefficient (Wildman–Crippen LogP) is 0.841. The minimum Gasteiger partial charge on any atom is -0.388 e. The van der Waals surface area contributed by atoms with Gasteiger partial charge >= 0.3 is 0 Å². The van der Waals surface area contributed by atoms with Gasteiger partial charge < -0.3 is 21.1 Å². The van der Waals surface area contributed by atoms with E-state index in [2.05, 4.69) is 5.32 Å². The number of hydrogen-bond acceptors (Lipinski definition) is 4. The first-order valence-corrected chi connectivity index (χ1v) is 6.75. The molecule has 1 atom stereocenters. The lowest BCUT2D eigenvalue weighted by Gasteiger charge is -2.27. The van der Waals surface area contributed by atoms with Crippen molar-refractivity contribution in [2.45, 2.75) is 19.1 Å². The van der Waals surface area contributed by atoms with Gasteiger partial charge in [0.15, 0.2) is 0 Å². The van der Waals surface area contributed by atoms with Crippen molar-refractivity contribution < 1.29 is 9.90 Å². The van der Waals surface area contributed by atoms with Crippen molar-refractivity contribution >= 4 is 17.5 Å². The van der Waals surface area contributed by atoms with E-state index >= 15 is 0 Å². The van der Waals surface area contributed by atoms with Gasteiger partial charge in [-0.2, -0.15) is 0 Å². The second-order valence-corrected chi connectivity index (χ2v) is 5.92. The van der Waals surface area contributed by atoms with Crippen LogP contribution in [0.3, 0.4) is 0 Å². The number of nitrogens with two attached hydrogens (primary N) is 1. The van der Waals surface area contributed by atoms with E-state index in [4.69, 9.17) is 17.3 Å². The summed E-state index contributed by atoms with van der Waals surface area (Å²) in [5, 5.41) is 13.8. The molecule has 0 fully saturated rings. The van der Waals surface area contributed by atoms with E-state index in [1.54, 1.807) is 25.1 Å². The lowest BCUT2D eigenvalue weighted by molar-refractivity contribution is 0.0336. The van der Waals surface area contributed by atoms with Crippen LogP contribution >= 0.6 is 11.6 Å². The Morgan fingerprint density at radius 2 is 2.15 bits per heavy atom. The molecule has 1 rings (SSSR count). The van der Waals surface area contributed by atoms with Crippen molar-refractivity contribution in [2.24, 2.45) is 5.73 Å². The molecule has 5 nitrogen and oxygen atoms in total. The first-order chi connectivity index (χ1) is 9.21. The molecule has 4 N–H and O–H groups in total. The van der Waals surface area contributed by atoms with Gasteiger partial charge in [0.2, 0.25) is 5.91 Å². The number of amides is 1. The van der Waals surface area contributed by atoms with Crippen LogP contribution < -0.4 is 11.1 Å². The standard InChI is InChI=1S/C14H22ClN3O2/c1-14(20,9-18(2)3)8-17-7-11-5-4-10(13(16)19)6-12(11)15/h4-6,17,20H,7-9H2,1-3H3,(H2,16,19). The molecule has 1 amide bonds. The Bertz CT molecular complexity index is 475. The predicted molar refractivity (Wildman–Crippen MR) is 80.9 cm³/mol. The lowest BCUT2D eigenvalue weighted by Crippen LogP contribution is -2.45. The van der Waals surface area contributed by atoms with Crippen LogP contribution in [0.2, 0.25) is 5.02 Å². The molecule has 0 heterocycles. The molecule has 112 valence electrons. The molecule has 0 bridgehead atoms. The molecule has 0 saturated carbocycles. The van der Waals surface area contributed by atoms with Crippen LogP contribution in [0.5, 0.6) is 0 Å². The summed E-state index contributed by atoms with van der Waals surface area (Å²) >= 11 is 6.09. The Morgan fingerprint density at radius 3 is 2.65 bits per heavy atom. The Labute approximate surface area is 124 Å². The first kappa shape index (κ1) is 16.9. The molecule has 1 aromatic rings. The molecule has 0 aliphatic carbocycles. The summed E-state index contributed by atoms with van der Waals surface area (Å²) < 4.78 is 0. The summed E-state index contributed by atoms with van der Waals surface area (Å²) in [5.41, 5.74) is 5.62. The molecular weight excluding hydrogens is 278 g/mol. The molecule has 6 heteroatoms. The maximum Gasteiger partial charge on any atom is 0.248 e. The number of halogens is 1. The third-order valence-corrected chi connectivity index (χ3v) is 3.17. The summed E-state index contributed by atoms with van der Waals surface area (Å²) in [7, 11) is 3.82. The highest BCUT2D eigenvalue weighted by Gasteiger charge is 2.20. The zero-order chi connectivity index (χ0) is 15.3. The monoisotopic (exact) mass is 299 g/mol. The second-order valence-electron chi connectivity index (χ2n) is 5.51. The van der Waals surface area contributed by atoms with Crippen LogP contribution in [0, 0.1) is 0 Å². The number of aliphatic hydroxyl groups is 1. The maximum atomic E-state index is 11.0. The molecule has 0 saturated heterocycles. The van der Waals surface area contributed by atoms with Crippen molar-refractivity contribution in [3.63, 3.8) is 0 Å². The molecule has 0 aliphatic heterocycles. The van der Waals surface area contributed by atoms with Crippen LogP contribution in [-0.2, 0) is 6.54 Å². The Hall–Kier alpha value is -1.14. The van der Waals surface area contributed by atoms with Gasteiger partial charge in [0.25, 0.3) is 0 Å². The van der Waals surface area contributed by atoms with Gasteiger partial charge in [-0.05, 0) is 38.7 Å². The van der Waals surface area contributed by atoms with Crippen molar-refractivity contribution in [2.75, 3.05) is 27.2 Å². The fraction of sp³-hybridized carbons (Fsp3) is 0.500. The van der Waals surface area contributed by atoms with E-state index in [0.717, 1.165) is 5.56 Å². The van der Waals surface area contributed by atoms with Gasteiger partial charge in [0, 0.05) is 30.2 Å². The van der Waals surface area contributed by atoms with Gasteiger partial charge in [-0.25, -0.2) is 0 Å². The zero-order valence-corrected chi connectivity index (χ0v) is 12.9. The van der Waals surface area contributed by atoms with Crippen molar-refractivity contribution in [3.8, 4) is 0 Å². The zero-order valence-electron chi connectivity index (χ0n) is 12.1. The highest BCUT2D eigenvalue weighted by Crippen LogP contribution is 2.17. The van der Waals surface area contributed by atoms with Crippen LogP contribution in [0.1, 0.15) is 22.8 Å². The van der Waals surface area contributed by atoms with E-state index in [1.807, 2.05) is 19.0 Å². The fourth-order valence-electron chi connectivity index (χ4n) is 2.05. The highest BCUT2D eigenvalue weighted by atomic mass is 35.5. The second kappa shape index (κ2) is 7.04. The van der Waals surface area contributed by atoms with Gasteiger partial charge in [-0.1, -0.05) is 17.7 Å². The average molecular weight is 300 g/mol. The smallest absolute Gasteiger partial charge is 0.248 e. The summed E-state index contributed by atoms with van der Waals surface area (Å²) in [5.74, 6) is -0.500. The first-order valence-electron chi connectivity index (χ1n) is 6.37. The number of hydrogen-bond donors (Lipinski definition) is 3. The van der Waals surface area contributed by atoms with E-state index in [0.29, 0.717) is 30.2 Å². The minimum atomic E-state index is -0.816. The van der Waals surface area contributed by atoms with Crippen LogP contribution in [-0.4, -0.2) is 48.7 Å². The number of carbonyl (C=O) groups excluding carboxylic acids is 1. The molecule has 0 radical (unpaired) electrons. The number of benzene rings is 1. The molecular formula is C14H22ClN3O2. The Morgan fingerprint density at radius 1 is 1.50 bits per heavy atom. The van der Waals surface area contributed by atoms with E-state index in [1.165, 1.54) is 0 Å². The molecule has 1 unspecified atom stereocenters. The quantitative estimate of drug-likeness (QED) is 0.697. The molecule has 0 spiro atoms. The van der Waals surface area contributed by atoms with Crippen LogP contribution in [0.15, 0.2) is 18.2 Å².